The van der Waals surface area contributed by atoms with Crippen molar-refractivity contribution in [3.63, 3.8) is 0 Å². The number of benzene rings is 1. The van der Waals surface area contributed by atoms with Gasteiger partial charge in [0.15, 0.2) is 5.96 Å². The largest absolute Gasteiger partial charge is 0.370 e. The second kappa shape index (κ2) is 12.5. The van der Waals surface area contributed by atoms with Crippen LogP contribution in [0.25, 0.3) is 0 Å². The second-order valence-corrected chi connectivity index (χ2v) is 5.14. The molecule has 1 aromatic rings. The molecule has 124 valence electrons. The zero-order valence-corrected chi connectivity index (χ0v) is 15.9. The maximum Gasteiger partial charge on any atom is 0.224 e. The molecule has 0 aromatic heterocycles. The summed E-state index contributed by atoms with van der Waals surface area (Å²) in [7, 11) is 0. The third-order valence-electron chi connectivity index (χ3n) is 2.81. The van der Waals surface area contributed by atoms with Gasteiger partial charge in [-0.25, -0.2) is 0 Å². The Bertz CT molecular complexity index is 465. The Kier molecular flexibility index (Phi) is 11.9. The lowest BCUT2D eigenvalue weighted by atomic mass is 10.2. The van der Waals surface area contributed by atoms with E-state index in [2.05, 4.69) is 22.5 Å². The fourth-order valence-electron chi connectivity index (χ4n) is 1.64. The molecule has 0 bridgehead atoms. The molecule has 0 radical (unpaired) electrons. The van der Waals surface area contributed by atoms with Crippen molar-refractivity contribution < 1.29 is 4.79 Å². The van der Waals surface area contributed by atoms with Gasteiger partial charge in [0.1, 0.15) is 0 Å². The normalized spacial score (nSPS) is 10.7. The lowest BCUT2D eigenvalue weighted by molar-refractivity contribution is -0.116. The number of hydrogen-bond acceptors (Lipinski definition) is 2. The number of rotatable bonds is 8. The van der Waals surface area contributed by atoms with E-state index in [1.54, 1.807) is 24.3 Å². The van der Waals surface area contributed by atoms with Crippen LogP contribution in [0.4, 0.5) is 5.69 Å². The first-order valence-electron chi connectivity index (χ1n) is 7.21. The summed E-state index contributed by atoms with van der Waals surface area (Å²) in [6.07, 6.45) is 3.26. The zero-order valence-electron chi connectivity index (χ0n) is 12.8. The van der Waals surface area contributed by atoms with Crippen molar-refractivity contribution >= 4 is 53.1 Å². The number of carbonyl (C=O) groups is 1. The van der Waals surface area contributed by atoms with Crippen LogP contribution in [-0.4, -0.2) is 25.0 Å². The first-order chi connectivity index (χ1) is 10.1. The molecule has 1 amide bonds. The fourth-order valence-corrected chi connectivity index (χ4v) is 1.77. The van der Waals surface area contributed by atoms with Crippen LogP contribution >= 0.6 is 35.6 Å². The average Bonchev–Trinajstić information content (AvgIpc) is 2.46. The van der Waals surface area contributed by atoms with E-state index in [-0.39, 0.29) is 29.9 Å². The summed E-state index contributed by atoms with van der Waals surface area (Å²) in [6.45, 7) is 3.50. The van der Waals surface area contributed by atoms with Gasteiger partial charge in [-0.05, 0) is 37.1 Å². The minimum atomic E-state index is -0.0370. The van der Waals surface area contributed by atoms with E-state index in [0.717, 1.165) is 25.1 Å². The monoisotopic (exact) mass is 438 g/mol. The Morgan fingerprint density at radius 3 is 2.59 bits per heavy atom. The molecular weight excluding hydrogens is 415 g/mol. The van der Waals surface area contributed by atoms with Crippen LogP contribution in [0.5, 0.6) is 0 Å². The molecule has 1 rings (SSSR count). The van der Waals surface area contributed by atoms with Gasteiger partial charge in [0, 0.05) is 30.2 Å². The number of amides is 1. The minimum absolute atomic E-state index is 0. The van der Waals surface area contributed by atoms with E-state index in [1.165, 1.54) is 0 Å². The highest BCUT2D eigenvalue weighted by Crippen LogP contribution is 2.13. The van der Waals surface area contributed by atoms with Crippen molar-refractivity contribution in [2.45, 2.75) is 32.6 Å². The van der Waals surface area contributed by atoms with Gasteiger partial charge >= 0.3 is 0 Å². The van der Waals surface area contributed by atoms with Gasteiger partial charge in [-0.15, -0.1) is 24.0 Å². The number of anilines is 1. The van der Waals surface area contributed by atoms with Crippen molar-refractivity contribution in [2.24, 2.45) is 10.7 Å². The van der Waals surface area contributed by atoms with E-state index in [0.29, 0.717) is 30.4 Å². The van der Waals surface area contributed by atoms with Crippen LogP contribution in [0.2, 0.25) is 5.02 Å². The van der Waals surface area contributed by atoms with Gasteiger partial charge in [0.2, 0.25) is 5.91 Å². The summed E-state index contributed by atoms with van der Waals surface area (Å²) < 4.78 is 0. The fraction of sp³-hybridized carbons (Fsp3) is 0.467. The van der Waals surface area contributed by atoms with Crippen LogP contribution < -0.4 is 16.4 Å². The zero-order chi connectivity index (χ0) is 15.5. The molecule has 5 nitrogen and oxygen atoms in total. The molecule has 0 unspecified atom stereocenters. The number of guanidine groups is 1. The van der Waals surface area contributed by atoms with Crippen molar-refractivity contribution in [2.75, 3.05) is 18.4 Å². The lowest BCUT2D eigenvalue weighted by Crippen LogP contribution is -2.32. The van der Waals surface area contributed by atoms with Gasteiger partial charge in [0.05, 0.1) is 0 Å². The number of nitrogens with two attached hydrogens (primary N) is 1. The number of hydrogen-bond donors (Lipinski definition) is 3. The Morgan fingerprint density at radius 2 is 1.95 bits per heavy atom. The smallest absolute Gasteiger partial charge is 0.224 e. The molecule has 0 spiro atoms. The summed E-state index contributed by atoms with van der Waals surface area (Å²) in [5, 5.41) is 6.48. The van der Waals surface area contributed by atoms with Crippen LogP contribution in [-0.2, 0) is 4.79 Å². The first kappa shape index (κ1) is 21.0. The molecule has 4 N–H and O–H groups in total. The summed E-state index contributed by atoms with van der Waals surface area (Å²) in [6, 6.07) is 7.02. The van der Waals surface area contributed by atoms with Crippen molar-refractivity contribution in [3.05, 3.63) is 29.3 Å². The molecule has 0 aliphatic carbocycles. The van der Waals surface area contributed by atoms with Gasteiger partial charge < -0.3 is 16.4 Å². The molecule has 0 aliphatic rings. The number of halogens is 2. The Morgan fingerprint density at radius 1 is 1.27 bits per heavy atom. The maximum absolute atomic E-state index is 11.7. The average molecular weight is 439 g/mol. The topological polar surface area (TPSA) is 79.5 Å². The molecule has 0 aliphatic heterocycles. The highest BCUT2D eigenvalue weighted by Gasteiger charge is 2.02. The Hall–Kier alpha value is -1.02. The van der Waals surface area contributed by atoms with Crippen LogP contribution in [0, 0.1) is 0 Å². The maximum atomic E-state index is 11.7. The van der Waals surface area contributed by atoms with Crippen LogP contribution in [0.3, 0.4) is 0 Å². The third kappa shape index (κ3) is 9.83. The Labute approximate surface area is 154 Å². The molecule has 7 heteroatoms. The molecule has 0 saturated carbocycles. The van der Waals surface area contributed by atoms with Crippen molar-refractivity contribution in [3.8, 4) is 0 Å². The number of carbonyl (C=O) groups excluding carboxylic acids is 1. The highest BCUT2D eigenvalue weighted by molar-refractivity contribution is 14.0. The molecule has 0 heterocycles. The summed E-state index contributed by atoms with van der Waals surface area (Å²) in [5.41, 5.74) is 6.44. The van der Waals surface area contributed by atoms with E-state index >= 15 is 0 Å². The van der Waals surface area contributed by atoms with Crippen molar-refractivity contribution in [1.82, 2.24) is 5.32 Å². The molecule has 1 aromatic carbocycles. The molecule has 22 heavy (non-hydrogen) atoms. The molecule has 0 atom stereocenters. The number of unbranched alkanes of at least 4 members (excludes halogenated alkanes) is 1. The summed E-state index contributed by atoms with van der Waals surface area (Å²) >= 11 is 5.78. The SMILES string of the molecule is CCCCNC(N)=NCCCC(=O)Nc1ccc(Cl)cc1.I. The van der Waals surface area contributed by atoms with E-state index in [1.807, 2.05) is 0 Å². The van der Waals surface area contributed by atoms with Crippen LogP contribution in [0.15, 0.2) is 29.3 Å². The standard InChI is InChI=1S/C15H23ClN4O.HI/c1-2-3-10-18-15(17)19-11-4-5-14(21)20-13-8-6-12(16)7-9-13;/h6-9H,2-5,10-11H2,1H3,(H,20,21)(H3,17,18,19);1H. The molecule has 0 fully saturated rings. The minimum Gasteiger partial charge on any atom is -0.370 e. The Balaban J connectivity index is 0.00000441. The first-order valence-corrected chi connectivity index (χ1v) is 7.59. The number of nitrogens with one attached hydrogen (secondary N) is 2. The summed E-state index contributed by atoms with van der Waals surface area (Å²) in [5.74, 6) is 0.409. The number of nitrogens with zero attached hydrogens (tertiary/aromatic N) is 1. The lowest BCUT2D eigenvalue weighted by Gasteiger charge is -2.05. The van der Waals surface area contributed by atoms with E-state index in [9.17, 15) is 4.79 Å². The van der Waals surface area contributed by atoms with Gasteiger partial charge in [0.25, 0.3) is 0 Å². The predicted octanol–water partition coefficient (Wildman–Crippen LogP) is 3.38. The third-order valence-corrected chi connectivity index (χ3v) is 3.06. The van der Waals surface area contributed by atoms with Crippen LogP contribution in [0.1, 0.15) is 32.6 Å². The van der Waals surface area contributed by atoms with E-state index < -0.39 is 0 Å². The van der Waals surface area contributed by atoms with Gasteiger partial charge in [-0.3, -0.25) is 9.79 Å². The highest BCUT2D eigenvalue weighted by atomic mass is 127. The predicted molar refractivity (Wildman–Crippen MR) is 104 cm³/mol. The van der Waals surface area contributed by atoms with Crippen molar-refractivity contribution in [1.29, 1.82) is 0 Å². The number of aliphatic imine (C=N–C) groups is 1. The van der Waals surface area contributed by atoms with E-state index in [4.69, 9.17) is 17.3 Å². The van der Waals surface area contributed by atoms with Gasteiger partial charge in [-0.1, -0.05) is 24.9 Å². The molecule has 0 saturated heterocycles. The summed E-state index contributed by atoms with van der Waals surface area (Å²) in [4.78, 5) is 15.9. The molecular formula is C15H24ClIN4O. The quantitative estimate of drug-likeness (QED) is 0.252. The second-order valence-electron chi connectivity index (χ2n) is 4.71. The van der Waals surface area contributed by atoms with Gasteiger partial charge in [-0.2, -0.15) is 0 Å².